The van der Waals surface area contributed by atoms with Gasteiger partial charge in [-0.25, -0.2) is 4.98 Å². The summed E-state index contributed by atoms with van der Waals surface area (Å²) in [5, 5.41) is 10.1. The first-order chi connectivity index (χ1) is 17.0. The van der Waals surface area contributed by atoms with Crippen LogP contribution in [-0.4, -0.2) is 40.4 Å². The minimum Gasteiger partial charge on any atom is -0.454 e. The van der Waals surface area contributed by atoms with Crippen molar-refractivity contribution in [2.45, 2.75) is 19.9 Å². The summed E-state index contributed by atoms with van der Waals surface area (Å²) in [6, 6.07) is 7.08. The highest BCUT2D eigenvalue weighted by Gasteiger charge is 2.17. The number of carbonyl (C=O) groups excluding carboxylic acids is 1. The third-order valence-electron chi connectivity index (χ3n) is 5.38. The molecule has 10 heteroatoms. The van der Waals surface area contributed by atoms with Gasteiger partial charge in [0.25, 0.3) is 11.5 Å². The van der Waals surface area contributed by atoms with E-state index in [1.165, 1.54) is 17.6 Å². The summed E-state index contributed by atoms with van der Waals surface area (Å²) in [6.07, 6.45) is 6.28. The van der Waals surface area contributed by atoms with Crippen molar-refractivity contribution < 1.29 is 19.0 Å². The number of hydrogen-bond acceptors (Lipinski definition) is 7. The number of rotatable bonds is 6. The summed E-state index contributed by atoms with van der Waals surface area (Å²) in [7, 11) is 1.53. The predicted molar refractivity (Wildman–Crippen MR) is 127 cm³/mol. The van der Waals surface area contributed by atoms with Crippen LogP contribution >= 0.6 is 0 Å². The molecule has 0 radical (unpaired) electrons. The highest BCUT2D eigenvalue weighted by Crippen LogP contribution is 2.21. The van der Waals surface area contributed by atoms with Crippen LogP contribution in [-0.2, 0) is 25.5 Å². The molecule has 3 aromatic rings. The molecule has 178 valence electrons. The van der Waals surface area contributed by atoms with Crippen molar-refractivity contribution in [1.29, 1.82) is 5.26 Å². The molecule has 0 aliphatic carbocycles. The van der Waals surface area contributed by atoms with Crippen molar-refractivity contribution in [1.82, 2.24) is 14.0 Å². The normalized spacial score (nSPS) is 16.0. The lowest BCUT2D eigenvalue weighted by molar-refractivity contribution is -0.117. The van der Waals surface area contributed by atoms with Crippen LogP contribution in [0.3, 0.4) is 0 Å². The lowest BCUT2D eigenvalue weighted by Gasteiger charge is -2.13. The first-order valence-electron chi connectivity index (χ1n) is 10.8. The molecule has 0 spiro atoms. The minimum atomic E-state index is -0.512. The lowest BCUT2D eigenvalue weighted by Crippen LogP contribution is -2.30. The number of fused-ring (bicyclic) bond motifs is 2. The Bertz CT molecular complexity index is 1570. The Morgan fingerprint density at radius 3 is 2.91 bits per heavy atom. The van der Waals surface area contributed by atoms with Crippen molar-refractivity contribution in [3.63, 3.8) is 0 Å². The zero-order valence-electron chi connectivity index (χ0n) is 19.4. The SMILES string of the molecule is C=C/C=C1\OCO\C1=C/CC(=O)N=c1c(C#N)cc2c(=O)n3cccc(C)c3nc2n1CCOC. The average Bonchev–Trinajstić information content (AvgIpc) is 3.30. The second-order valence-corrected chi connectivity index (χ2v) is 7.63. The van der Waals surface area contributed by atoms with Gasteiger partial charge in [0.2, 0.25) is 6.79 Å². The summed E-state index contributed by atoms with van der Waals surface area (Å²) in [5.74, 6) is 0.372. The Labute approximate surface area is 200 Å². The number of carbonyl (C=O) groups is 1. The van der Waals surface area contributed by atoms with E-state index in [9.17, 15) is 14.9 Å². The molecule has 0 N–H and O–H groups in total. The molecule has 1 saturated heterocycles. The monoisotopic (exact) mass is 473 g/mol. The maximum absolute atomic E-state index is 13.2. The number of aromatic nitrogens is 3. The molecule has 1 fully saturated rings. The number of nitriles is 1. The maximum Gasteiger partial charge on any atom is 0.267 e. The smallest absolute Gasteiger partial charge is 0.267 e. The van der Waals surface area contributed by atoms with Gasteiger partial charge in [0.05, 0.1) is 24.0 Å². The molecule has 0 saturated carbocycles. The molecule has 0 unspecified atom stereocenters. The van der Waals surface area contributed by atoms with Crippen molar-refractivity contribution in [3.8, 4) is 6.07 Å². The zero-order chi connectivity index (χ0) is 24.9. The summed E-state index contributed by atoms with van der Waals surface area (Å²) >= 11 is 0. The van der Waals surface area contributed by atoms with Crippen LogP contribution in [0.2, 0.25) is 0 Å². The van der Waals surface area contributed by atoms with Crippen LogP contribution in [0.25, 0.3) is 16.7 Å². The van der Waals surface area contributed by atoms with Gasteiger partial charge < -0.3 is 18.8 Å². The molecular formula is C25H23N5O5. The number of pyridine rings is 2. The van der Waals surface area contributed by atoms with Crippen molar-refractivity contribution in [2.24, 2.45) is 4.99 Å². The fourth-order valence-corrected chi connectivity index (χ4v) is 3.72. The third-order valence-corrected chi connectivity index (χ3v) is 5.38. The molecule has 3 aromatic heterocycles. The van der Waals surface area contributed by atoms with E-state index in [1.54, 1.807) is 35.1 Å². The number of amides is 1. The maximum atomic E-state index is 13.2. The first-order valence-corrected chi connectivity index (χ1v) is 10.8. The van der Waals surface area contributed by atoms with Gasteiger partial charge >= 0.3 is 0 Å². The molecule has 35 heavy (non-hydrogen) atoms. The van der Waals surface area contributed by atoms with Crippen LogP contribution in [0.5, 0.6) is 0 Å². The summed E-state index contributed by atoms with van der Waals surface area (Å²) in [4.78, 5) is 34.9. The average molecular weight is 473 g/mol. The molecule has 4 heterocycles. The number of allylic oxidation sites excluding steroid dienone is 2. The highest BCUT2D eigenvalue weighted by atomic mass is 16.7. The molecular weight excluding hydrogens is 450 g/mol. The Balaban J connectivity index is 1.90. The lowest BCUT2D eigenvalue weighted by atomic mass is 10.2. The van der Waals surface area contributed by atoms with E-state index in [4.69, 9.17) is 19.2 Å². The first kappa shape index (κ1) is 23.7. The molecule has 1 amide bonds. The van der Waals surface area contributed by atoms with Gasteiger partial charge in [0.1, 0.15) is 17.4 Å². The van der Waals surface area contributed by atoms with Crippen LogP contribution in [0.15, 0.2) is 70.5 Å². The highest BCUT2D eigenvalue weighted by molar-refractivity contribution is 5.81. The Kier molecular flexibility index (Phi) is 6.89. The van der Waals surface area contributed by atoms with Crippen molar-refractivity contribution in [2.75, 3.05) is 20.5 Å². The largest absolute Gasteiger partial charge is 0.454 e. The fourth-order valence-electron chi connectivity index (χ4n) is 3.72. The molecule has 4 rings (SSSR count). The quantitative estimate of drug-likeness (QED) is 0.504. The molecule has 0 atom stereocenters. The van der Waals surface area contributed by atoms with Crippen LogP contribution in [0, 0.1) is 18.3 Å². The zero-order valence-corrected chi connectivity index (χ0v) is 19.4. The number of methoxy groups -OCH3 is 1. The van der Waals surface area contributed by atoms with Crippen LogP contribution in [0.4, 0.5) is 0 Å². The van der Waals surface area contributed by atoms with E-state index in [1.807, 2.05) is 13.0 Å². The predicted octanol–water partition coefficient (Wildman–Crippen LogP) is 2.25. The third kappa shape index (κ3) is 4.62. The second kappa shape index (κ2) is 10.2. The molecule has 1 aliphatic heterocycles. The van der Waals surface area contributed by atoms with Crippen molar-refractivity contribution >= 4 is 22.6 Å². The summed E-state index contributed by atoms with van der Waals surface area (Å²) in [6.45, 7) is 6.00. The van der Waals surface area contributed by atoms with Crippen LogP contribution in [0.1, 0.15) is 17.5 Å². The number of ether oxygens (including phenoxy) is 3. The molecule has 0 aromatic carbocycles. The standard InChI is InChI=1S/C25H23N5O5/c1-4-6-19-20(35-15-34-19)8-9-21(31)27-23-17(14-26)13-18-24(29(23)11-12-33-3)28-22-16(2)7-5-10-30(22)25(18)32/h4-8,10,13H,1,9,11-12,15H2,2-3H3/b19-6-,20-8-,27-23?. The van der Waals surface area contributed by atoms with E-state index in [-0.39, 0.29) is 48.4 Å². The van der Waals surface area contributed by atoms with Gasteiger partial charge in [-0.1, -0.05) is 18.7 Å². The summed E-state index contributed by atoms with van der Waals surface area (Å²) in [5.41, 5.74) is 1.46. The minimum absolute atomic E-state index is 0.0473. The van der Waals surface area contributed by atoms with E-state index in [0.29, 0.717) is 22.8 Å². The molecule has 10 nitrogen and oxygen atoms in total. The van der Waals surface area contributed by atoms with E-state index < -0.39 is 5.91 Å². The van der Waals surface area contributed by atoms with Gasteiger partial charge in [0, 0.05) is 19.9 Å². The van der Waals surface area contributed by atoms with E-state index in [0.717, 1.165) is 5.56 Å². The van der Waals surface area contributed by atoms with Gasteiger partial charge in [-0.3, -0.25) is 14.0 Å². The number of hydrogen-bond donors (Lipinski definition) is 0. The van der Waals surface area contributed by atoms with Gasteiger partial charge in [0.15, 0.2) is 17.0 Å². The van der Waals surface area contributed by atoms with Crippen molar-refractivity contribution in [3.05, 3.63) is 87.7 Å². The van der Waals surface area contributed by atoms with Gasteiger partial charge in [-0.15, -0.1) is 0 Å². The Hall–Kier alpha value is -4.49. The molecule has 1 aliphatic rings. The van der Waals surface area contributed by atoms with E-state index in [2.05, 4.69) is 17.6 Å². The molecule has 0 bridgehead atoms. The van der Waals surface area contributed by atoms with Gasteiger partial charge in [-0.05, 0) is 36.8 Å². The van der Waals surface area contributed by atoms with Gasteiger partial charge in [-0.2, -0.15) is 10.3 Å². The van der Waals surface area contributed by atoms with E-state index >= 15 is 0 Å². The fraction of sp³-hybridized carbons (Fsp3) is 0.240. The Morgan fingerprint density at radius 2 is 2.17 bits per heavy atom. The second-order valence-electron chi connectivity index (χ2n) is 7.63. The summed E-state index contributed by atoms with van der Waals surface area (Å²) < 4.78 is 18.9. The van der Waals surface area contributed by atoms with Crippen LogP contribution < -0.4 is 11.0 Å². The number of nitrogens with zero attached hydrogens (tertiary/aromatic N) is 5. The topological polar surface area (TPSA) is 120 Å². The Morgan fingerprint density at radius 1 is 1.37 bits per heavy atom. The number of aryl methyl sites for hydroxylation is 1.